The maximum atomic E-state index is 12.1. The Morgan fingerprint density at radius 1 is 1.53 bits per heavy atom. The van der Waals surface area contributed by atoms with Gasteiger partial charge in [0.25, 0.3) is 5.91 Å². The molecule has 0 aromatic carbocycles. The molecule has 94 valence electrons. The van der Waals surface area contributed by atoms with Gasteiger partial charge in [0.15, 0.2) is 0 Å². The minimum atomic E-state index is -0.480. The van der Waals surface area contributed by atoms with Crippen molar-refractivity contribution in [1.29, 1.82) is 0 Å². The van der Waals surface area contributed by atoms with Gasteiger partial charge in [-0.25, -0.2) is 0 Å². The van der Waals surface area contributed by atoms with Crippen LogP contribution in [0.25, 0.3) is 0 Å². The molecule has 1 aromatic heterocycles. The molecule has 0 fully saturated rings. The minimum absolute atomic E-state index is 0.0190. The van der Waals surface area contributed by atoms with E-state index in [-0.39, 0.29) is 29.3 Å². The lowest BCUT2D eigenvalue weighted by Gasteiger charge is -2.24. The van der Waals surface area contributed by atoms with Crippen molar-refractivity contribution >= 4 is 23.5 Å². The van der Waals surface area contributed by atoms with Crippen LogP contribution in [-0.4, -0.2) is 36.5 Å². The summed E-state index contributed by atoms with van der Waals surface area (Å²) in [6.45, 7) is 3.48. The van der Waals surface area contributed by atoms with Gasteiger partial charge >= 0.3 is 5.97 Å². The van der Waals surface area contributed by atoms with E-state index in [4.69, 9.17) is 16.0 Å². The SMILES string of the molecule is COC(=O)CN(C(=O)c1ccoc1Cl)C(C)C. The first-order valence-corrected chi connectivity index (χ1v) is 5.46. The van der Waals surface area contributed by atoms with Gasteiger partial charge in [-0.1, -0.05) is 0 Å². The minimum Gasteiger partial charge on any atom is -0.468 e. The molecule has 0 aliphatic heterocycles. The number of hydrogen-bond donors (Lipinski definition) is 0. The van der Waals surface area contributed by atoms with E-state index in [1.807, 2.05) is 0 Å². The van der Waals surface area contributed by atoms with Crippen LogP contribution in [0.4, 0.5) is 0 Å². The Hall–Kier alpha value is -1.49. The lowest BCUT2D eigenvalue weighted by atomic mass is 10.2. The van der Waals surface area contributed by atoms with Crippen LogP contribution in [-0.2, 0) is 9.53 Å². The van der Waals surface area contributed by atoms with E-state index in [1.165, 1.54) is 24.3 Å². The largest absolute Gasteiger partial charge is 0.468 e. The van der Waals surface area contributed by atoms with E-state index < -0.39 is 5.97 Å². The van der Waals surface area contributed by atoms with Crippen molar-refractivity contribution in [2.45, 2.75) is 19.9 Å². The van der Waals surface area contributed by atoms with Crippen LogP contribution in [0.1, 0.15) is 24.2 Å². The van der Waals surface area contributed by atoms with Crippen LogP contribution in [0.5, 0.6) is 0 Å². The lowest BCUT2D eigenvalue weighted by Crippen LogP contribution is -2.41. The quantitative estimate of drug-likeness (QED) is 0.776. The Morgan fingerprint density at radius 3 is 2.59 bits per heavy atom. The van der Waals surface area contributed by atoms with Gasteiger partial charge in [0.2, 0.25) is 5.22 Å². The van der Waals surface area contributed by atoms with Crippen molar-refractivity contribution in [2.24, 2.45) is 0 Å². The van der Waals surface area contributed by atoms with Gasteiger partial charge in [-0.2, -0.15) is 0 Å². The monoisotopic (exact) mass is 259 g/mol. The molecule has 1 heterocycles. The summed E-state index contributed by atoms with van der Waals surface area (Å²) < 4.78 is 9.39. The first kappa shape index (κ1) is 13.6. The highest BCUT2D eigenvalue weighted by atomic mass is 35.5. The summed E-state index contributed by atoms with van der Waals surface area (Å²) in [6, 6.07) is 1.32. The third-order valence-electron chi connectivity index (χ3n) is 2.26. The Bertz CT molecular complexity index is 413. The zero-order valence-electron chi connectivity index (χ0n) is 9.90. The van der Waals surface area contributed by atoms with Crippen molar-refractivity contribution in [2.75, 3.05) is 13.7 Å². The Kier molecular flexibility index (Phi) is 4.57. The average molecular weight is 260 g/mol. The highest BCUT2D eigenvalue weighted by Gasteiger charge is 2.24. The Morgan fingerprint density at radius 2 is 2.18 bits per heavy atom. The fourth-order valence-corrected chi connectivity index (χ4v) is 1.49. The fourth-order valence-electron chi connectivity index (χ4n) is 1.29. The molecule has 6 heteroatoms. The third kappa shape index (κ3) is 3.23. The van der Waals surface area contributed by atoms with Gasteiger partial charge in [0.05, 0.1) is 18.9 Å². The number of ether oxygens (including phenoxy) is 1. The number of hydrogen-bond acceptors (Lipinski definition) is 4. The standard InChI is InChI=1S/C11H14ClNO4/c1-7(2)13(6-9(14)16-3)11(15)8-4-5-17-10(8)12/h4-5,7H,6H2,1-3H3. The molecule has 5 nitrogen and oxygen atoms in total. The van der Waals surface area contributed by atoms with Gasteiger partial charge in [-0.05, 0) is 31.5 Å². The van der Waals surface area contributed by atoms with Crippen molar-refractivity contribution in [3.63, 3.8) is 0 Å². The fraction of sp³-hybridized carbons (Fsp3) is 0.455. The molecule has 0 saturated carbocycles. The number of rotatable bonds is 4. The number of nitrogens with zero attached hydrogens (tertiary/aromatic N) is 1. The number of esters is 1. The molecular formula is C11H14ClNO4. The predicted molar refractivity (Wildman–Crippen MR) is 61.9 cm³/mol. The number of carbonyl (C=O) groups excluding carboxylic acids is 2. The van der Waals surface area contributed by atoms with Crippen molar-refractivity contribution < 1.29 is 18.7 Å². The molecule has 0 bridgehead atoms. The summed E-state index contributed by atoms with van der Waals surface area (Å²) in [5, 5.41) is 0.0190. The first-order valence-electron chi connectivity index (χ1n) is 5.08. The van der Waals surface area contributed by atoms with Crippen LogP contribution >= 0.6 is 11.6 Å². The van der Waals surface area contributed by atoms with Gasteiger partial charge in [0, 0.05) is 6.04 Å². The number of carbonyl (C=O) groups is 2. The van der Waals surface area contributed by atoms with Gasteiger partial charge in [0.1, 0.15) is 6.54 Å². The first-order chi connectivity index (χ1) is 7.97. The van der Waals surface area contributed by atoms with Gasteiger partial charge in [-0.3, -0.25) is 9.59 Å². The molecule has 0 unspecified atom stereocenters. The maximum Gasteiger partial charge on any atom is 0.325 e. The highest BCUT2D eigenvalue weighted by molar-refractivity contribution is 6.32. The van der Waals surface area contributed by atoms with Gasteiger partial charge in [-0.15, -0.1) is 0 Å². The van der Waals surface area contributed by atoms with Gasteiger partial charge < -0.3 is 14.1 Å². The topological polar surface area (TPSA) is 59.8 Å². The van der Waals surface area contributed by atoms with Crippen LogP contribution in [0.2, 0.25) is 5.22 Å². The summed E-state index contributed by atoms with van der Waals surface area (Å²) in [5.74, 6) is -0.837. The molecule has 1 rings (SSSR count). The summed E-state index contributed by atoms with van der Waals surface area (Å²) >= 11 is 5.72. The summed E-state index contributed by atoms with van der Waals surface area (Å²) in [7, 11) is 1.27. The average Bonchev–Trinajstić information content (AvgIpc) is 2.70. The summed E-state index contributed by atoms with van der Waals surface area (Å²) in [4.78, 5) is 24.7. The van der Waals surface area contributed by atoms with Crippen LogP contribution in [0.3, 0.4) is 0 Å². The second-order valence-corrected chi connectivity index (χ2v) is 4.05. The molecule has 0 N–H and O–H groups in total. The Balaban J connectivity index is 2.89. The zero-order chi connectivity index (χ0) is 13.0. The Labute approximate surface area is 104 Å². The molecule has 1 aromatic rings. The molecule has 0 aliphatic carbocycles. The zero-order valence-corrected chi connectivity index (χ0v) is 10.7. The second-order valence-electron chi connectivity index (χ2n) is 3.71. The van der Waals surface area contributed by atoms with E-state index in [2.05, 4.69) is 4.74 Å². The number of methoxy groups -OCH3 is 1. The number of furan rings is 1. The molecule has 0 radical (unpaired) electrons. The van der Waals surface area contributed by atoms with Crippen LogP contribution in [0, 0.1) is 0 Å². The molecule has 0 saturated heterocycles. The normalized spacial score (nSPS) is 10.4. The lowest BCUT2D eigenvalue weighted by molar-refractivity contribution is -0.141. The van der Waals surface area contributed by atoms with E-state index in [0.717, 1.165) is 0 Å². The van der Waals surface area contributed by atoms with Crippen molar-refractivity contribution in [3.8, 4) is 0 Å². The third-order valence-corrected chi connectivity index (χ3v) is 2.55. The smallest absolute Gasteiger partial charge is 0.325 e. The van der Waals surface area contributed by atoms with E-state index in [1.54, 1.807) is 13.8 Å². The highest BCUT2D eigenvalue weighted by Crippen LogP contribution is 2.19. The predicted octanol–water partition coefficient (Wildman–Crippen LogP) is 1.96. The van der Waals surface area contributed by atoms with Crippen LogP contribution in [0.15, 0.2) is 16.7 Å². The summed E-state index contributed by atoms with van der Waals surface area (Å²) in [6.07, 6.45) is 1.33. The molecule has 1 amide bonds. The maximum absolute atomic E-state index is 12.1. The molecule has 0 spiro atoms. The molecule has 17 heavy (non-hydrogen) atoms. The molecule has 0 aliphatic rings. The number of amides is 1. The van der Waals surface area contributed by atoms with Crippen molar-refractivity contribution in [1.82, 2.24) is 4.90 Å². The summed E-state index contributed by atoms with van der Waals surface area (Å²) in [5.41, 5.74) is 0.240. The van der Waals surface area contributed by atoms with E-state index in [0.29, 0.717) is 0 Å². The van der Waals surface area contributed by atoms with E-state index >= 15 is 0 Å². The number of halogens is 1. The van der Waals surface area contributed by atoms with Crippen molar-refractivity contribution in [3.05, 3.63) is 23.1 Å². The molecular weight excluding hydrogens is 246 g/mol. The second kappa shape index (κ2) is 5.72. The van der Waals surface area contributed by atoms with E-state index in [9.17, 15) is 9.59 Å². The van der Waals surface area contributed by atoms with Crippen LogP contribution < -0.4 is 0 Å². The molecule has 0 atom stereocenters.